The lowest BCUT2D eigenvalue weighted by molar-refractivity contribution is 0.318. The minimum atomic E-state index is 0.673. The molecule has 1 heterocycles. The molecule has 0 atom stereocenters. The van der Waals surface area contributed by atoms with Gasteiger partial charge in [0, 0.05) is 17.5 Å². The summed E-state index contributed by atoms with van der Waals surface area (Å²) in [6, 6.07) is 6.23. The van der Waals surface area contributed by atoms with Gasteiger partial charge < -0.3 is 9.72 Å². The van der Waals surface area contributed by atoms with Crippen LogP contribution >= 0.6 is 23.6 Å². The van der Waals surface area contributed by atoms with Gasteiger partial charge in [-0.15, -0.1) is 11.3 Å². The Labute approximate surface area is 124 Å². The first-order chi connectivity index (χ1) is 9.15. The fourth-order valence-corrected chi connectivity index (χ4v) is 2.56. The maximum absolute atomic E-state index is 5.76. The van der Waals surface area contributed by atoms with Gasteiger partial charge in [-0.25, -0.2) is 0 Å². The second kappa shape index (κ2) is 8.12. The molecular weight excluding hydrogens is 274 g/mol. The third kappa shape index (κ3) is 5.17. The molecule has 0 spiro atoms. The van der Waals surface area contributed by atoms with Crippen LogP contribution in [0.1, 0.15) is 30.7 Å². The van der Waals surface area contributed by atoms with Crippen molar-refractivity contribution in [3.8, 4) is 5.75 Å². The first-order valence-electron chi connectivity index (χ1n) is 6.52. The second-order valence-electron chi connectivity index (χ2n) is 4.04. The Bertz CT molecular complexity index is 557. The van der Waals surface area contributed by atoms with Crippen molar-refractivity contribution < 1.29 is 4.74 Å². The molecule has 0 saturated heterocycles. The fraction of sp³-hybridized carbons (Fsp3) is 0.400. The van der Waals surface area contributed by atoms with Crippen molar-refractivity contribution in [1.29, 1.82) is 0 Å². The van der Waals surface area contributed by atoms with Gasteiger partial charge in [-0.05, 0) is 37.7 Å². The highest BCUT2D eigenvalue weighted by molar-refractivity contribution is 7.73. The molecule has 2 aromatic rings. The number of thiazole rings is 1. The number of H-pyrrole nitrogens is 1. The molecule has 0 radical (unpaired) electrons. The van der Waals surface area contributed by atoms with Gasteiger partial charge in [0.1, 0.15) is 5.75 Å². The smallest absolute Gasteiger partial charge is 0.158 e. The SMILES string of the molecule is CC.Cc1ccc(OCCc2csc(=S)[nH]2)c(C)c1. The van der Waals surface area contributed by atoms with Gasteiger partial charge in [0.05, 0.1) is 6.61 Å². The third-order valence-corrected chi connectivity index (χ3v) is 3.64. The molecule has 4 heteroatoms. The van der Waals surface area contributed by atoms with E-state index in [0.717, 1.165) is 21.8 Å². The van der Waals surface area contributed by atoms with E-state index < -0.39 is 0 Å². The molecule has 0 aliphatic heterocycles. The van der Waals surface area contributed by atoms with Crippen LogP contribution in [0.3, 0.4) is 0 Å². The van der Waals surface area contributed by atoms with Gasteiger partial charge in [-0.1, -0.05) is 31.5 Å². The largest absolute Gasteiger partial charge is 0.493 e. The van der Waals surface area contributed by atoms with Crippen molar-refractivity contribution in [3.05, 3.63) is 44.4 Å². The Kier molecular flexibility index (Phi) is 6.81. The summed E-state index contributed by atoms with van der Waals surface area (Å²) in [5.74, 6) is 0.962. The first-order valence-corrected chi connectivity index (χ1v) is 7.80. The van der Waals surface area contributed by atoms with E-state index in [4.69, 9.17) is 17.0 Å². The summed E-state index contributed by atoms with van der Waals surface area (Å²) in [5, 5.41) is 2.05. The van der Waals surface area contributed by atoms with E-state index in [9.17, 15) is 0 Å². The molecule has 0 fully saturated rings. The zero-order valence-electron chi connectivity index (χ0n) is 11.9. The molecule has 0 unspecified atom stereocenters. The van der Waals surface area contributed by atoms with Crippen LogP contribution in [0.25, 0.3) is 0 Å². The van der Waals surface area contributed by atoms with E-state index in [1.807, 2.05) is 25.3 Å². The lowest BCUT2D eigenvalue weighted by Gasteiger charge is -2.08. The van der Waals surface area contributed by atoms with E-state index in [1.165, 1.54) is 11.1 Å². The van der Waals surface area contributed by atoms with Crippen molar-refractivity contribution in [2.24, 2.45) is 0 Å². The molecular formula is C15H21NOS2. The van der Waals surface area contributed by atoms with Crippen LogP contribution in [0.2, 0.25) is 0 Å². The number of rotatable bonds is 4. The summed E-state index contributed by atoms with van der Waals surface area (Å²) in [7, 11) is 0. The van der Waals surface area contributed by atoms with E-state index in [2.05, 4.69) is 31.0 Å². The molecule has 1 aromatic heterocycles. The van der Waals surface area contributed by atoms with Crippen LogP contribution in [-0.4, -0.2) is 11.6 Å². The van der Waals surface area contributed by atoms with E-state index in [0.29, 0.717) is 6.61 Å². The highest BCUT2D eigenvalue weighted by atomic mass is 32.1. The van der Waals surface area contributed by atoms with E-state index in [-0.39, 0.29) is 0 Å². The molecule has 0 amide bonds. The minimum Gasteiger partial charge on any atom is -0.493 e. The molecule has 0 aliphatic rings. The lowest BCUT2D eigenvalue weighted by atomic mass is 10.1. The average Bonchev–Trinajstić information content (AvgIpc) is 2.80. The van der Waals surface area contributed by atoms with Crippen molar-refractivity contribution in [2.45, 2.75) is 34.1 Å². The van der Waals surface area contributed by atoms with Gasteiger partial charge in [-0.3, -0.25) is 0 Å². The second-order valence-corrected chi connectivity index (χ2v) is 5.59. The Hall–Kier alpha value is -1.13. The summed E-state index contributed by atoms with van der Waals surface area (Å²) in [5.41, 5.74) is 3.59. The van der Waals surface area contributed by atoms with Crippen LogP contribution in [0.5, 0.6) is 5.75 Å². The van der Waals surface area contributed by atoms with Gasteiger partial charge >= 0.3 is 0 Å². The molecule has 0 aliphatic carbocycles. The summed E-state index contributed by atoms with van der Waals surface area (Å²) in [4.78, 5) is 3.14. The van der Waals surface area contributed by atoms with Crippen molar-refractivity contribution in [3.63, 3.8) is 0 Å². The summed E-state index contributed by atoms with van der Waals surface area (Å²) in [6.45, 7) is 8.83. The number of aromatic nitrogens is 1. The molecule has 1 N–H and O–H groups in total. The Morgan fingerprint density at radius 3 is 2.58 bits per heavy atom. The normalized spacial score (nSPS) is 9.68. The minimum absolute atomic E-state index is 0.673. The summed E-state index contributed by atoms with van der Waals surface area (Å²) in [6.07, 6.45) is 0.862. The Morgan fingerprint density at radius 2 is 2.00 bits per heavy atom. The zero-order valence-corrected chi connectivity index (χ0v) is 13.6. The predicted octanol–water partition coefficient (Wildman–Crippen LogP) is 5.07. The molecule has 0 bridgehead atoms. The highest BCUT2D eigenvalue weighted by Gasteiger charge is 2.00. The van der Waals surface area contributed by atoms with Crippen LogP contribution in [0, 0.1) is 17.8 Å². The topological polar surface area (TPSA) is 25.0 Å². The van der Waals surface area contributed by atoms with Gasteiger partial charge in [-0.2, -0.15) is 0 Å². The standard InChI is InChI=1S/C13H15NOS2.C2H6/c1-9-3-4-12(10(2)7-9)15-6-5-11-8-17-13(16)14-11;1-2/h3-4,7-8H,5-6H2,1-2H3,(H,14,16);1-2H3. The lowest BCUT2D eigenvalue weighted by Crippen LogP contribution is -2.02. The number of hydrogen-bond donors (Lipinski definition) is 1. The van der Waals surface area contributed by atoms with E-state index >= 15 is 0 Å². The van der Waals surface area contributed by atoms with Crippen LogP contribution in [-0.2, 0) is 6.42 Å². The predicted molar refractivity (Wildman–Crippen MR) is 86.0 cm³/mol. The number of nitrogens with one attached hydrogen (secondary N) is 1. The van der Waals surface area contributed by atoms with Crippen LogP contribution in [0.15, 0.2) is 23.6 Å². The quantitative estimate of drug-likeness (QED) is 0.797. The van der Waals surface area contributed by atoms with Gasteiger partial charge in [0.15, 0.2) is 3.95 Å². The Balaban J connectivity index is 0.000000861. The van der Waals surface area contributed by atoms with Crippen molar-refractivity contribution in [1.82, 2.24) is 4.98 Å². The molecule has 2 nitrogen and oxygen atoms in total. The number of benzene rings is 1. The third-order valence-electron chi connectivity index (χ3n) is 2.53. The number of aromatic amines is 1. The molecule has 104 valence electrons. The average molecular weight is 295 g/mol. The number of hydrogen-bond acceptors (Lipinski definition) is 3. The van der Waals surface area contributed by atoms with Crippen LogP contribution < -0.4 is 4.74 Å². The molecule has 2 rings (SSSR count). The van der Waals surface area contributed by atoms with Crippen molar-refractivity contribution >= 4 is 23.6 Å². The van der Waals surface area contributed by atoms with Gasteiger partial charge in [0.2, 0.25) is 0 Å². The maximum Gasteiger partial charge on any atom is 0.158 e. The fourth-order valence-electron chi connectivity index (χ4n) is 1.67. The first kappa shape index (κ1) is 15.9. The number of aryl methyl sites for hydroxylation is 2. The molecule has 1 aromatic carbocycles. The summed E-state index contributed by atoms with van der Waals surface area (Å²) >= 11 is 6.59. The highest BCUT2D eigenvalue weighted by Crippen LogP contribution is 2.18. The summed E-state index contributed by atoms with van der Waals surface area (Å²) < 4.78 is 6.58. The maximum atomic E-state index is 5.76. The van der Waals surface area contributed by atoms with E-state index in [1.54, 1.807) is 11.3 Å². The zero-order chi connectivity index (χ0) is 14.3. The van der Waals surface area contributed by atoms with Crippen LogP contribution in [0.4, 0.5) is 0 Å². The van der Waals surface area contributed by atoms with Gasteiger partial charge in [0.25, 0.3) is 0 Å². The molecule has 19 heavy (non-hydrogen) atoms. The number of ether oxygens (including phenoxy) is 1. The monoisotopic (exact) mass is 295 g/mol. The molecule has 0 saturated carbocycles. The van der Waals surface area contributed by atoms with Crippen molar-refractivity contribution in [2.75, 3.05) is 6.61 Å². The Morgan fingerprint density at radius 1 is 1.26 bits per heavy atom.